The zero-order chi connectivity index (χ0) is 17.1. The van der Waals surface area contributed by atoms with E-state index in [0.29, 0.717) is 11.6 Å². The third-order valence-corrected chi connectivity index (χ3v) is 5.84. The molecule has 4 rings (SSSR count). The summed E-state index contributed by atoms with van der Waals surface area (Å²) >= 11 is 3.20. The smallest absolute Gasteiger partial charge is 0.226 e. The van der Waals surface area contributed by atoms with E-state index < -0.39 is 0 Å². The summed E-state index contributed by atoms with van der Waals surface area (Å²) in [5.74, 6) is 0.998. The van der Waals surface area contributed by atoms with Crippen LogP contribution in [0.4, 0.5) is 5.13 Å². The minimum absolute atomic E-state index is 0.0276. The lowest BCUT2D eigenvalue weighted by Crippen LogP contribution is -2.11. The number of benzene rings is 1. The van der Waals surface area contributed by atoms with Gasteiger partial charge in [0.05, 0.1) is 12.3 Å². The SMILES string of the molecule is O=C(CCCc1cccs1)Nc1nc(-c2ccc3c(c2)CCO3)cs1. The molecule has 3 heterocycles. The number of nitrogens with zero attached hydrogens (tertiary/aromatic N) is 1. The van der Waals surface area contributed by atoms with Gasteiger partial charge in [0.15, 0.2) is 5.13 Å². The van der Waals surface area contributed by atoms with E-state index in [2.05, 4.69) is 27.8 Å². The fourth-order valence-corrected chi connectivity index (χ4v) is 4.36. The second kappa shape index (κ2) is 7.37. The molecule has 1 aliphatic rings. The summed E-state index contributed by atoms with van der Waals surface area (Å²) < 4.78 is 5.54. The van der Waals surface area contributed by atoms with Crippen LogP contribution in [0.5, 0.6) is 5.75 Å². The van der Waals surface area contributed by atoms with Crippen LogP contribution in [-0.4, -0.2) is 17.5 Å². The van der Waals surface area contributed by atoms with Crippen molar-refractivity contribution in [3.05, 3.63) is 51.5 Å². The third kappa shape index (κ3) is 3.91. The number of carbonyl (C=O) groups is 1. The molecule has 0 unspecified atom stereocenters. The van der Waals surface area contributed by atoms with E-state index >= 15 is 0 Å². The van der Waals surface area contributed by atoms with Gasteiger partial charge in [0, 0.05) is 28.7 Å². The quantitative estimate of drug-likeness (QED) is 0.680. The Hall–Kier alpha value is -2.18. The number of aryl methyl sites for hydroxylation is 1. The number of hydrogen-bond acceptors (Lipinski definition) is 5. The topological polar surface area (TPSA) is 51.2 Å². The summed E-state index contributed by atoms with van der Waals surface area (Å²) in [5, 5.41) is 7.62. The number of thiazole rings is 1. The van der Waals surface area contributed by atoms with Gasteiger partial charge < -0.3 is 10.1 Å². The van der Waals surface area contributed by atoms with Crippen LogP contribution in [0.1, 0.15) is 23.3 Å². The van der Waals surface area contributed by atoms with Crippen LogP contribution < -0.4 is 10.1 Å². The number of ether oxygens (including phenoxy) is 1. The van der Waals surface area contributed by atoms with Crippen molar-refractivity contribution < 1.29 is 9.53 Å². The molecule has 1 aromatic carbocycles. The second-order valence-electron chi connectivity index (χ2n) is 5.94. The van der Waals surface area contributed by atoms with E-state index in [0.717, 1.165) is 42.9 Å². The summed E-state index contributed by atoms with van der Waals surface area (Å²) in [6.45, 7) is 0.753. The fraction of sp³-hybridized carbons (Fsp3) is 0.263. The number of fused-ring (bicyclic) bond motifs is 1. The van der Waals surface area contributed by atoms with Gasteiger partial charge in [-0.05, 0) is 48.1 Å². The van der Waals surface area contributed by atoms with Gasteiger partial charge in [-0.15, -0.1) is 22.7 Å². The highest BCUT2D eigenvalue weighted by Gasteiger charge is 2.14. The number of aromatic nitrogens is 1. The Morgan fingerprint density at radius 1 is 1.28 bits per heavy atom. The highest BCUT2D eigenvalue weighted by Crippen LogP contribution is 2.32. The van der Waals surface area contributed by atoms with Crippen LogP contribution in [0.25, 0.3) is 11.3 Å². The monoisotopic (exact) mass is 370 g/mol. The van der Waals surface area contributed by atoms with Gasteiger partial charge in [0.1, 0.15) is 5.75 Å². The van der Waals surface area contributed by atoms with Crippen LogP contribution in [0.3, 0.4) is 0 Å². The molecule has 1 aliphatic heterocycles. The summed E-state index contributed by atoms with van der Waals surface area (Å²) in [6, 6.07) is 10.3. The van der Waals surface area contributed by atoms with Crippen LogP contribution in [0, 0.1) is 0 Å². The van der Waals surface area contributed by atoms with Crippen LogP contribution in [-0.2, 0) is 17.6 Å². The number of hydrogen-bond donors (Lipinski definition) is 1. The zero-order valence-corrected chi connectivity index (χ0v) is 15.3. The molecule has 0 saturated heterocycles. The van der Waals surface area contributed by atoms with Crippen molar-refractivity contribution >= 4 is 33.7 Å². The van der Waals surface area contributed by atoms with Gasteiger partial charge in [-0.25, -0.2) is 4.98 Å². The molecule has 0 fully saturated rings. The highest BCUT2D eigenvalue weighted by molar-refractivity contribution is 7.14. The van der Waals surface area contributed by atoms with Gasteiger partial charge in [0.25, 0.3) is 0 Å². The van der Waals surface area contributed by atoms with E-state index in [1.165, 1.54) is 21.8 Å². The van der Waals surface area contributed by atoms with Crippen molar-refractivity contribution in [2.45, 2.75) is 25.7 Å². The molecule has 0 radical (unpaired) electrons. The maximum Gasteiger partial charge on any atom is 0.226 e. The first-order valence-corrected chi connectivity index (χ1v) is 10.1. The Morgan fingerprint density at radius 3 is 3.12 bits per heavy atom. The molecule has 0 saturated carbocycles. The first-order chi connectivity index (χ1) is 12.3. The first kappa shape index (κ1) is 16.3. The molecule has 0 atom stereocenters. The predicted molar refractivity (Wildman–Crippen MR) is 103 cm³/mol. The van der Waals surface area contributed by atoms with E-state index in [9.17, 15) is 4.79 Å². The summed E-state index contributed by atoms with van der Waals surface area (Å²) in [4.78, 5) is 18.0. The second-order valence-corrected chi connectivity index (χ2v) is 7.83. The number of carbonyl (C=O) groups excluding carboxylic acids is 1. The van der Waals surface area contributed by atoms with Gasteiger partial charge in [0.2, 0.25) is 5.91 Å². The number of anilines is 1. The molecular formula is C19H18N2O2S2. The minimum Gasteiger partial charge on any atom is -0.493 e. The molecule has 128 valence electrons. The van der Waals surface area contributed by atoms with Gasteiger partial charge >= 0.3 is 0 Å². The maximum atomic E-state index is 12.1. The van der Waals surface area contributed by atoms with Crippen molar-refractivity contribution in [2.24, 2.45) is 0 Å². The molecule has 0 aliphatic carbocycles. The molecule has 4 nitrogen and oxygen atoms in total. The van der Waals surface area contributed by atoms with Crippen molar-refractivity contribution in [1.82, 2.24) is 4.98 Å². The summed E-state index contributed by atoms with van der Waals surface area (Å²) in [7, 11) is 0. The molecule has 2 aromatic heterocycles. The Balaban J connectivity index is 1.34. The molecular weight excluding hydrogens is 352 g/mol. The van der Waals surface area contributed by atoms with Crippen molar-refractivity contribution in [1.29, 1.82) is 0 Å². The number of rotatable bonds is 6. The molecule has 0 bridgehead atoms. The summed E-state index contributed by atoms with van der Waals surface area (Å²) in [5.41, 5.74) is 3.19. The molecule has 25 heavy (non-hydrogen) atoms. The van der Waals surface area contributed by atoms with Crippen molar-refractivity contribution in [3.8, 4) is 17.0 Å². The zero-order valence-electron chi connectivity index (χ0n) is 13.7. The van der Waals surface area contributed by atoms with Gasteiger partial charge in [-0.3, -0.25) is 4.79 Å². The average Bonchev–Trinajstić information content (AvgIpc) is 3.35. The minimum atomic E-state index is 0.0276. The molecule has 3 aromatic rings. The van der Waals surface area contributed by atoms with Crippen molar-refractivity contribution in [3.63, 3.8) is 0 Å². The predicted octanol–water partition coefficient (Wildman–Crippen LogP) is 4.77. The Morgan fingerprint density at radius 2 is 2.24 bits per heavy atom. The molecule has 0 spiro atoms. The normalized spacial score (nSPS) is 12.6. The van der Waals surface area contributed by atoms with Crippen molar-refractivity contribution in [2.75, 3.05) is 11.9 Å². The lowest BCUT2D eigenvalue weighted by Gasteiger charge is -2.02. The lowest BCUT2D eigenvalue weighted by molar-refractivity contribution is -0.116. The van der Waals surface area contributed by atoms with Crippen LogP contribution >= 0.6 is 22.7 Å². The molecule has 1 amide bonds. The highest BCUT2D eigenvalue weighted by atomic mass is 32.1. The number of amides is 1. The number of thiophene rings is 1. The van der Waals surface area contributed by atoms with E-state index in [-0.39, 0.29) is 5.91 Å². The standard InChI is InChI=1S/C19H18N2O2S2/c22-18(5-1-3-15-4-2-10-24-15)21-19-20-16(12-25-19)13-6-7-17-14(11-13)8-9-23-17/h2,4,6-7,10-12H,1,3,5,8-9H2,(H,20,21,22). The lowest BCUT2D eigenvalue weighted by atomic mass is 10.1. The van der Waals surface area contributed by atoms with Crippen LogP contribution in [0.15, 0.2) is 41.1 Å². The summed E-state index contributed by atoms with van der Waals surface area (Å²) in [6.07, 6.45) is 3.27. The Kier molecular flexibility index (Phi) is 4.81. The van der Waals surface area contributed by atoms with E-state index in [1.54, 1.807) is 11.3 Å². The van der Waals surface area contributed by atoms with Gasteiger partial charge in [-0.1, -0.05) is 6.07 Å². The average molecular weight is 370 g/mol. The van der Waals surface area contributed by atoms with Gasteiger partial charge in [-0.2, -0.15) is 0 Å². The largest absolute Gasteiger partial charge is 0.493 e. The van der Waals surface area contributed by atoms with E-state index in [4.69, 9.17) is 4.74 Å². The molecule has 1 N–H and O–H groups in total. The van der Waals surface area contributed by atoms with E-state index in [1.807, 2.05) is 23.6 Å². The van der Waals surface area contributed by atoms with Crippen LogP contribution in [0.2, 0.25) is 0 Å². The molecule has 6 heteroatoms. The third-order valence-electron chi connectivity index (χ3n) is 4.14. The number of nitrogens with one attached hydrogen (secondary N) is 1. The first-order valence-electron chi connectivity index (χ1n) is 8.32. The Bertz CT molecular complexity index is 871. The fourth-order valence-electron chi connectivity index (χ4n) is 2.87. The maximum absolute atomic E-state index is 12.1. The Labute approximate surface area is 154 Å².